The zero-order valence-electron chi connectivity index (χ0n) is 13.2. The number of aryl methyl sites for hydroxylation is 1. The van der Waals surface area contributed by atoms with Gasteiger partial charge in [0.25, 0.3) is 0 Å². The van der Waals surface area contributed by atoms with E-state index in [4.69, 9.17) is 4.74 Å². The molecule has 4 atom stereocenters. The van der Waals surface area contributed by atoms with Crippen molar-refractivity contribution in [3.05, 3.63) is 54.1 Å². The van der Waals surface area contributed by atoms with Crippen molar-refractivity contribution in [2.45, 2.75) is 30.9 Å². The van der Waals surface area contributed by atoms with E-state index in [0.29, 0.717) is 12.5 Å². The van der Waals surface area contributed by atoms with Gasteiger partial charge in [0.15, 0.2) is 0 Å². The first kappa shape index (κ1) is 14.5. The number of carbonyl (C=O) groups is 1. The summed E-state index contributed by atoms with van der Waals surface area (Å²) in [6.07, 6.45) is 5.31. The summed E-state index contributed by atoms with van der Waals surface area (Å²) in [5.74, 6) is 1.49. The van der Waals surface area contributed by atoms with E-state index in [9.17, 15) is 4.79 Å². The van der Waals surface area contributed by atoms with Crippen LogP contribution in [0, 0.1) is 5.92 Å². The minimum absolute atomic E-state index is 0.0145. The summed E-state index contributed by atoms with van der Waals surface area (Å²) >= 11 is 0. The van der Waals surface area contributed by atoms with Gasteiger partial charge in [-0.15, -0.1) is 0 Å². The average Bonchev–Trinajstić information content (AvgIpc) is 3.08. The molecule has 1 saturated carbocycles. The molecule has 1 aromatic carbocycles. The molecule has 1 aromatic heterocycles. The molecule has 2 heterocycles. The number of hydrogen-bond donors (Lipinski definition) is 1. The van der Waals surface area contributed by atoms with Gasteiger partial charge in [0.1, 0.15) is 11.9 Å². The molecule has 23 heavy (non-hydrogen) atoms. The van der Waals surface area contributed by atoms with Crippen LogP contribution in [0.5, 0.6) is 0 Å². The zero-order chi connectivity index (χ0) is 15.8. The summed E-state index contributed by atoms with van der Waals surface area (Å²) in [7, 11) is 1.95. The highest BCUT2D eigenvalue weighted by molar-refractivity contribution is 5.83. The summed E-state index contributed by atoms with van der Waals surface area (Å²) in [6, 6.07) is 10.3. The maximum Gasteiger partial charge on any atom is 0.224 e. The Bertz CT molecular complexity index is 697. The number of carbonyl (C=O) groups excluding carboxylic acids is 1. The monoisotopic (exact) mass is 311 g/mol. The molecule has 1 aliphatic carbocycles. The maximum absolute atomic E-state index is 12.6. The van der Waals surface area contributed by atoms with E-state index in [-0.39, 0.29) is 24.0 Å². The van der Waals surface area contributed by atoms with Gasteiger partial charge in [-0.1, -0.05) is 30.3 Å². The van der Waals surface area contributed by atoms with Crippen molar-refractivity contribution in [1.29, 1.82) is 0 Å². The van der Waals surface area contributed by atoms with Crippen molar-refractivity contribution in [2.75, 3.05) is 6.61 Å². The Morgan fingerprint density at radius 2 is 2.17 bits per heavy atom. The van der Waals surface area contributed by atoms with Crippen LogP contribution in [0.4, 0.5) is 0 Å². The second-order valence-corrected chi connectivity index (χ2v) is 6.45. The summed E-state index contributed by atoms with van der Waals surface area (Å²) in [4.78, 5) is 16.9. The summed E-state index contributed by atoms with van der Waals surface area (Å²) < 4.78 is 7.76. The highest BCUT2D eigenvalue weighted by Crippen LogP contribution is 2.47. The molecule has 5 heteroatoms. The van der Waals surface area contributed by atoms with E-state index in [1.165, 1.54) is 5.56 Å². The summed E-state index contributed by atoms with van der Waals surface area (Å²) in [6.45, 7) is 0.662. The Kier molecular flexibility index (Phi) is 3.65. The number of hydrogen-bond acceptors (Lipinski definition) is 3. The second-order valence-electron chi connectivity index (χ2n) is 6.45. The van der Waals surface area contributed by atoms with Gasteiger partial charge in [0.05, 0.1) is 6.04 Å². The molecule has 2 aromatic rings. The van der Waals surface area contributed by atoms with E-state index in [2.05, 4.69) is 22.4 Å². The molecular weight excluding hydrogens is 290 g/mol. The normalized spacial score (nSPS) is 29.4. The lowest BCUT2D eigenvalue weighted by Gasteiger charge is -2.19. The van der Waals surface area contributed by atoms with Crippen LogP contribution in [0.2, 0.25) is 0 Å². The number of aromatic nitrogens is 2. The van der Waals surface area contributed by atoms with Gasteiger partial charge in [-0.25, -0.2) is 4.98 Å². The van der Waals surface area contributed by atoms with Crippen molar-refractivity contribution in [2.24, 2.45) is 13.0 Å². The topological polar surface area (TPSA) is 56.1 Å². The van der Waals surface area contributed by atoms with Crippen LogP contribution in [0.25, 0.3) is 0 Å². The fourth-order valence-electron chi connectivity index (χ4n) is 3.49. The molecule has 120 valence electrons. The van der Waals surface area contributed by atoms with Gasteiger partial charge in [-0.3, -0.25) is 4.79 Å². The number of rotatable bonds is 4. The summed E-state index contributed by atoms with van der Waals surface area (Å²) in [5, 5.41) is 3.19. The molecule has 1 N–H and O–H groups in total. The first-order valence-electron chi connectivity index (χ1n) is 8.18. The molecule has 0 radical (unpaired) electrons. The van der Waals surface area contributed by atoms with E-state index in [0.717, 1.165) is 18.7 Å². The molecule has 2 fully saturated rings. The maximum atomic E-state index is 12.6. The molecule has 4 rings (SSSR count). The Morgan fingerprint density at radius 3 is 2.91 bits per heavy atom. The Balaban J connectivity index is 1.40. The molecular formula is C18H21N3O2. The van der Waals surface area contributed by atoms with Crippen LogP contribution in [-0.2, 0) is 16.6 Å². The van der Waals surface area contributed by atoms with Gasteiger partial charge in [-0.05, 0) is 24.3 Å². The van der Waals surface area contributed by atoms with Crippen LogP contribution in [-0.4, -0.2) is 28.1 Å². The molecule has 0 unspecified atom stereocenters. The van der Waals surface area contributed by atoms with Crippen LogP contribution in [0.1, 0.15) is 36.3 Å². The fourth-order valence-corrected chi connectivity index (χ4v) is 3.49. The average molecular weight is 311 g/mol. The van der Waals surface area contributed by atoms with Gasteiger partial charge in [0.2, 0.25) is 5.91 Å². The van der Waals surface area contributed by atoms with Crippen molar-refractivity contribution in [3.63, 3.8) is 0 Å². The number of ether oxygens (including phenoxy) is 1. The lowest BCUT2D eigenvalue weighted by Crippen LogP contribution is -2.38. The molecule has 1 saturated heterocycles. The van der Waals surface area contributed by atoms with E-state index >= 15 is 0 Å². The standard InChI is InChI=1S/C18H21N3O2/c1-21-9-8-19-17(21)16-15(7-10-23-16)20-18(22)14-11-13(14)12-5-3-2-4-6-12/h2-6,8-9,13-16H,7,10-11H2,1H3,(H,20,22)/t13-,14-,15-,16-/m0/s1. The Morgan fingerprint density at radius 1 is 1.35 bits per heavy atom. The third-order valence-corrected chi connectivity index (χ3v) is 4.89. The largest absolute Gasteiger partial charge is 0.368 e. The lowest BCUT2D eigenvalue weighted by molar-refractivity contribution is -0.123. The lowest BCUT2D eigenvalue weighted by atomic mass is 10.1. The number of imidazole rings is 1. The molecule has 0 spiro atoms. The third kappa shape index (κ3) is 2.77. The minimum Gasteiger partial charge on any atom is -0.368 e. The highest BCUT2D eigenvalue weighted by Gasteiger charge is 2.45. The van der Waals surface area contributed by atoms with E-state index in [1.807, 2.05) is 36.0 Å². The Labute approximate surface area is 135 Å². The van der Waals surface area contributed by atoms with Crippen molar-refractivity contribution < 1.29 is 9.53 Å². The third-order valence-electron chi connectivity index (χ3n) is 4.89. The number of amides is 1. The first-order valence-corrected chi connectivity index (χ1v) is 8.18. The molecule has 5 nitrogen and oxygen atoms in total. The molecule has 1 aliphatic heterocycles. The fraction of sp³-hybridized carbons (Fsp3) is 0.444. The van der Waals surface area contributed by atoms with Crippen LogP contribution in [0.15, 0.2) is 42.7 Å². The van der Waals surface area contributed by atoms with Crippen LogP contribution >= 0.6 is 0 Å². The second kappa shape index (κ2) is 5.81. The zero-order valence-corrected chi connectivity index (χ0v) is 13.2. The quantitative estimate of drug-likeness (QED) is 0.941. The molecule has 2 aliphatic rings. The van der Waals surface area contributed by atoms with Gasteiger partial charge >= 0.3 is 0 Å². The van der Waals surface area contributed by atoms with Gasteiger partial charge in [0, 0.05) is 32.0 Å². The predicted molar refractivity (Wildman–Crippen MR) is 85.7 cm³/mol. The number of nitrogens with one attached hydrogen (secondary N) is 1. The van der Waals surface area contributed by atoms with Crippen LogP contribution < -0.4 is 5.32 Å². The molecule has 0 bridgehead atoms. The predicted octanol–water partition coefficient (Wildman–Crippen LogP) is 2.17. The molecule has 1 amide bonds. The number of benzene rings is 1. The minimum atomic E-state index is -0.145. The van der Waals surface area contributed by atoms with Crippen LogP contribution in [0.3, 0.4) is 0 Å². The Hall–Kier alpha value is -2.14. The van der Waals surface area contributed by atoms with E-state index in [1.54, 1.807) is 6.20 Å². The first-order chi connectivity index (χ1) is 11.2. The van der Waals surface area contributed by atoms with Crippen molar-refractivity contribution in [3.8, 4) is 0 Å². The smallest absolute Gasteiger partial charge is 0.224 e. The van der Waals surface area contributed by atoms with Gasteiger partial charge < -0.3 is 14.6 Å². The van der Waals surface area contributed by atoms with Crippen molar-refractivity contribution >= 4 is 5.91 Å². The highest BCUT2D eigenvalue weighted by atomic mass is 16.5. The number of nitrogens with zero attached hydrogens (tertiary/aromatic N) is 2. The van der Waals surface area contributed by atoms with Gasteiger partial charge in [-0.2, -0.15) is 0 Å². The van der Waals surface area contributed by atoms with Crippen molar-refractivity contribution in [1.82, 2.24) is 14.9 Å². The van der Waals surface area contributed by atoms with E-state index < -0.39 is 0 Å². The summed E-state index contributed by atoms with van der Waals surface area (Å²) in [5.41, 5.74) is 1.26. The SMILES string of the molecule is Cn1ccnc1[C@H]1OCC[C@@H]1NC(=O)[C@H]1C[C@H]1c1ccccc1.